The Morgan fingerprint density at radius 1 is 1.12 bits per heavy atom. The minimum atomic E-state index is -0.0778. The van der Waals surface area contributed by atoms with E-state index in [-0.39, 0.29) is 36.3 Å². The summed E-state index contributed by atoms with van der Waals surface area (Å²) in [5.74, 6) is -0.0778. The number of nitrogens with one attached hydrogen (secondary N) is 1. The maximum atomic E-state index is 12.5. The molecule has 2 aliphatic heterocycles. The van der Waals surface area contributed by atoms with Crippen LogP contribution in [0.4, 0.5) is 5.69 Å². The highest BCUT2D eigenvalue weighted by molar-refractivity contribution is 5.99. The van der Waals surface area contributed by atoms with Crippen LogP contribution in [-0.4, -0.2) is 49.2 Å². The largest absolute Gasteiger partial charge is 0.398 e. The molecule has 142 valence electrons. The highest BCUT2D eigenvalue weighted by Gasteiger charge is 2.39. The van der Waals surface area contributed by atoms with Gasteiger partial charge in [-0.3, -0.25) is 9.69 Å². The zero-order valence-corrected chi connectivity index (χ0v) is 16.2. The second-order valence-electron chi connectivity index (χ2n) is 6.65. The molecule has 3 rings (SSSR count). The van der Waals surface area contributed by atoms with E-state index in [1.807, 2.05) is 12.1 Å². The van der Waals surface area contributed by atoms with Crippen molar-refractivity contribution in [3.8, 4) is 0 Å². The standard InChI is InChI=1S/C18H27N3O2.2ClH/c19-16-7-3-2-6-15(16)17(22)20-14-18(8-12-23-13-9-18)21-10-4-1-5-11-21;;/h2-3,6-7H,1,4-5,8-14,19H2,(H,20,22);2*1H. The SMILES string of the molecule is Cl.Cl.Nc1ccccc1C(=O)NCC1(N2CCCCC2)CCOCC1. The zero-order chi connectivity index (χ0) is 16.1. The fourth-order valence-corrected chi connectivity index (χ4v) is 3.77. The molecule has 1 amide bonds. The van der Waals surface area contributed by atoms with E-state index in [4.69, 9.17) is 10.5 Å². The van der Waals surface area contributed by atoms with Crippen molar-refractivity contribution >= 4 is 36.4 Å². The van der Waals surface area contributed by atoms with Gasteiger partial charge in [0.15, 0.2) is 0 Å². The van der Waals surface area contributed by atoms with Gasteiger partial charge in [-0.2, -0.15) is 0 Å². The molecule has 0 unspecified atom stereocenters. The lowest BCUT2D eigenvalue weighted by Gasteiger charge is -2.48. The molecule has 0 aromatic heterocycles. The summed E-state index contributed by atoms with van der Waals surface area (Å²) < 4.78 is 5.57. The summed E-state index contributed by atoms with van der Waals surface area (Å²) in [6, 6.07) is 7.24. The van der Waals surface area contributed by atoms with Gasteiger partial charge in [-0.15, -0.1) is 24.8 Å². The number of carbonyl (C=O) groups is 1. The molecule has 1 aromatic rings. The third-order valence-electron chi connectivity index (χ3n) is 5.23. The van der Waals surface area contributed by atoms with Crippen LogP contribution in [0.3, 0.4) is 0 Å². The molecule has 0 aliphatic carbocycles. The molecule has 2 aliphatic rings. The van der Waals surface area contributed by atoms with Crippen molar-refractivity contribution in [3.63, 3.8) is 0 Å². The van der Waals surface area contributed by atoms with Crippen molar-refractivity contribution in [1.82, 2.24) is 10.2 Å². The third-order valence-corrected chi connectivity index (χ3v) is 5.23. The Bertz CT molecular complexity index is 545. The van der Waals surface area contributed by atoms with Crippen LogP contribution in [0.5, 0.6) is 0 Å². The van der Waals surface area contributed by atoms with Gasteiger partial charge in [-0.05, 0) is 50.9 Å². The van der Waals surface area contributed by atoms with Gasteiger partial charge in [0.1, 0.15) is 0 Å². The summed E-state index contributed by atoms with van der Waals surface area (Å²) in [6.07, 6.45) is 5.79. The van der Waals surface area contributed by atoms with E-state index >= 15 is 0 Å². The minimum Gasteiger partial charge on any atom is -0.398 e. The molecule has 25 heavy (non-hydrogen) atoms. The second kappa shape index (κ2) is 10.2. The Labute approximate surface area is 162 Å². The number of hydrogen-bond donors (Lipinski definition) is 2. The quantitative estimate of drug-likeness (QED) is 0.776. The molecule has 0 bridgehead atoms. The van der Waals surface area contributed by atoms with Crippen molar-refractivity contribution in [3.05, 3.63) is 29.8 Å². The summed E-state index contributed by atoms with van der Waals surface area (Å²) in [5, 5.41) is 3.13. The number of anilines is 1. The summed E-state index contributed by atoms with van der Waals surface area (Å²) in [6.45, 7) is 4.48. The number of hydrogen-bond acceptors (Lipinski definition) is 4. The number of ether oxygens (including phenoxy) is 1. The number of carbonyl (C=O) groups excluding carboxylic acids is 1. The van der Waals surface area contributed by atoms with E-state index in [2.05, 4.69) is 10.2 Å². The fourth-order valence-electron chi connectivity index (χ4n) is 3.77. The lowest BCUT2D eigenvalue weighted by atomic mass is 9.86. The maximum Gasteiger partial charge on any atom is 0.253 e. The summed E-state index contributed by atoms with van der Waals surface area (Å²) in [4.78, 5) is 15.1. The normalized spacial score (nSPS) is 20.0. The first-order valence-corrected chi connectivity index (χ1v) is 8.67. The Balaban J connectivity index is 0.00000156. The van der Waals surface area contributed by atoms with Crippen LogP contribution in [0.15, 0.2) is 24.3 Å². The van der Waals surface area contributed by atoms with E-state index in [1.165, 1.54) is 19.3 Å². The first-order valence-electron chi connectivity index (χ1n) is 8.67. The van der Waals surface area contributed by atoms with Crippen LogP contribution in [0.1, 0.15) is 42.5 Å². The Kier molecular flexibility index (Phi) is 9.00. The van der Waals surface area contributed by atoms with Crippen molar-refractivity contribution in [2.24, 2.45) is 0 Å². The van der Waals surface area contributed by atoms with Gasteiger partial charge in [0.25, 0.3) is 5.91 Å². The molecule has 0 saturated carbocycles. The number of rotatable bonds is 4. The number of nitrogens with zero attached hydrogens (tertiary/aromatic N) is 1. The molecule has 0 spiro atoms. The highest BCUT2D eigenvalue weighted by Crippen LogP contribution is 2.30. The molecule has 7 heteroatoms. The van der Waals surface area contributed by atoms with Crippen molar-refractivity contribution in [2.45, 2.75) is 37.6 Å². The molecule has 0 atom stereocenters. The molecule has 5 nitrogen and oxygen atoms in total. The highest BCUT2D eigenvalue weighted by atomic mass is 35.5. The predicted molar refractivity (Wildman–Crippen MR) is 106 cm³/mol. The zero-order valence-electron chi connectivity index (χ0n) is 14.5. The third kappa shape index (κ3) is 5.23. The number of halogens is 2. The van der Waals surface area contributed by atoms with Gasteiger partial charge in [-0.1, -0.05) is 18.6 Å². The number of piperidine rings is 1. The summed E-state index contributed by atoms with van der Waals surface area (Å²) in [5.41, 5.74) is 7.05. The number of para-hydroxylation sites is 1. The minimum absolute atomic E-state index is 0. The molecule has 0 radical (unpaired) electrons. The van der Waals surface area contributed by atoms with E-state index in [0.29, 0.717) is 17.8 Å². The summed E-state index contributed by atoms with van der Waals surface area (Å²) in [7, 11) is 0. The van der Waals surface area contributed by atoms with Crippen molar-refractivity contribution in [1.29, 1.82) is 0 Å². The number of benzene rings is 1. The number of amides is 1. The van der Waals surface area contributed by atoms with Crippen molar-refractivity contribution in [2.75, 3.05) is 38.6 Å². The first kappa shape index (κ1) is 22.0. The van der Waals surface area contributed by atoms with Gasteiger partial charge >= 0.3 is 0 Å². The van der Waals surface area contributed by atoms with Crippen LogP contribution >= 0.6 is 24.8 Å². The number of likely N-dealkylation sites (tertiary alicyclic amines) is 1. The van der Waals surface area contributed by atoms with Crippen LogP contribution in [0, 0.1) is 0 Å². The van der Waals surface area contributed by atoms with E-state index in [9.17, 15) is 4.79 Å². The van der Waals surface area contributed by atoms with E-state index in [0.717, 1.165) is 39.1 Å². The topological polar surface area (TPSA) is 67.6 Å². The molecule has 1 aromatic carbocycles. The monoisotopic (exact) mass is 389 g/mol. The molecule has 2 fully saturated rings. The van der Waals surface area contributed by atoms with Crippen LogP contribution in [0.25, 0.3) is 0 Å². The van der Waals surface area contributed by atoms with Gasteiger partial charge < -0.3 is 15.8 Å². The average Bonchev–Trinajstić information content (AvgIpc) is 2.62. The lowest BCUT2D eigenvalue weighted by Crippen LogP contribution is -2.59. The van der Waals surface area contributed by atoms with Gasteiger partial charge in [0, 0.05) is 31.0 Å². The fraction of sp³-hybridized carbons (Fsp3) is 0.611. The van der Waals surface area contributed by atoms with Crippen LogP contribution in [-0.2, 0) is 4.74 Å². The van der Waals surface area contributed by atoms with Gasteiger partial charge in [0.05, 0.1) is 5.56 Å². The number of nitrogens with two attached hydrogens (primary N) is 1. The summed E-state index contributed by atoms with van der Waals surface area (Å²) >= 11 is 0. The Morgan fingerprint density at radius 3 is 2.40 bits per heavy atom. The molecule has 2 saturated heterocycles. The van der Waals surface area contributed by atoms with E-state index < -0.39 is 0 Å². The Hall–Kier alpha value is -1.01. The predicted octanol–water partition coefficient (Wildman–Crippen LogP) is 2.88. The first-order chi connectivity index (χ1) is 11.2. The Morgan fingerprint density at radius 2 is 1.76 bits per heavy atom. The van der Waals surface area contributed by atoms with Crippen LogP contribution < -0.4 is 11.1 Å². The molecular weight excluding hydrogens is 361 g/mol. The molecular formula is C18H29Cl2N3O2. The van der Waals surface area contributed by atoms with Gasteiger partial charge in [-0.25, -0.2) is 0 Å². The van der Waals surface area contributed by atoms with Crippen molar-refractivity contribution < 1.29 is 9.53 Å². The molecule has 2 heterocycles. The lowest BCUT2D eigenvalue weighted by molar-refractivity contribution is -0.0349. The average molecular weight is 390 g/mol. The maximum absolute atomic E-state index is 12.5. The van der Waals surface area contributed by atoms with Gasteiger partial charge in [0.2, 0.25) is 0 Å². The second-order valence-corrected chi connectivity index (χ2v) is 6.65. The number of nitrogen functional groups attached to an aromatic ring is 1. The smallest absolute Gasteiger partial charge is 0.253 e. The molecule has 3 N–H and O–H groups in total. The van der Waals surface area contributed by atoms with E-state index in [1.54, 1.807) is 12.1 Å². The van der Waals surface area contributed by atoms with Crippen LogP contribution in [0.2, 0.25) is 0 Å².